The van der Waals surface area contributed by atoms with E-state index in [4.69, 9.17) is 23.2 Å². The highest BCUT2D eigenvalue weighted by atomic mass is 35.5. The highest BCUT2D eigenvalue weighted by Gasteiger charge is 2.06. The SMILES string of the molecule is Cn1ccc(-c2nc(Cl)cc(Cl)n2)n1. The summed E-state index contributed by atoms with van der Waals surface area (Å²) in [4.78, 5) is 8.02. The first kappa shape index (κ1) is 9.43. The monoisotopic (exact) mass is 228 g/mol. The molecule has 2 heterocycles. The van der Waals surface area contributed by atoms with Crippen LogP contribution in [0.3, 0.4) is 0 Å². The Hall–Kier alpha value is -1.13. The molecule has 0 aliphatic carbocycles. The van der Waals surface area contributed by atoms with E-state index < -0.39 is 0 Å². The van der Waals surface area contributed by atoms with Gasteiger partial charge in [-0.3, -0.25) is 4.68 Å². The van der Waals surface area contributed by atoms with Gasteiger partial charge in [-0.25, -0.2) is 9.97 Å². The Bertz CT molecular complexity index is 446. The number of rotatable bonds is 1. The predicted molar refractivity (Wildman–Crippen MR) is 54.3 cm³/mol. The average molecular weight is 229 g/mol. The fourth-order valence-electron chi connectivity index (χ4n) is 1.04. The van der Waals surface area contributed by atoms with E-state index in [2.05, 4.69) is 15.1 Å². The van der Waals surface area contributed by atoms with Crippen molar-refractivity contribution in [2.24, 2.45) is 7.05 Å². The molecule has 2 aromatic heterocycles. The largest absolute Gasteiger partial charge is 0.275 e. The normalized spacial score (nSPS) is 10.5. The Morgan fingerprint density at radius 2 is 1.86 bits per heavy atom. The zero-order valence-corrected chi connectivity index (χ0v) is 8.79. The molecule has 0 aliphatic heterocycles. The van der Waals surface area contributed by atoms with Crippen molar-refractivity contribution in [1.82, 2.24) is 19.7 Å². The first-order valence-electron chi connectivity index (χ1n) is 3.85. The van der Waals surface area contributed by atoms with E-state index in [-0.39, 0.29) is 0 Å². The molecule has 0 saturated heterocycles. The van der Waals surface area contributed by atoms with Crippen molar-refractivity contribution in [2.75, 3.05) is 0 Å². The van der Waals surface area contributed by atoms with Crippen LogP contribution in [0.25, 0.3) is 11.5 Å². The van der Waals surface area contributed by atoms with Gasteiger partial charge in [0, 0.05) is 19.3 Å². The molecule has 0 N–H and O–H groups in total. The summed E-state index contributed by atoms with van der Waals surface area (Å²) in [7, 11) is 1.82. The van der Waals surface area contributed by atoms with E-state index in [0.29, 0.717) is 21.8 Å². The number of hydrogen-bond acceptors (Lipinski definition) is 3. The molecule has 0 spiro atoms. The second-order valence-corrected chi connectivity index (χ2v) is 3.49. The molecule has 2 rings (SSSR count). The third-order valence-electron chi connectivity index (χ3n) is 1.61. The minimum atomic E-state index is 0.311. The summed E-state index contributed by atoms with van der Waals surface area (Å²) in [6.45, 7) is 0. The lowest BCUT2D eigenvalue weighted by Crippen LogP contribution is -1.93. The van der Waals surface area contributed by atoms with Crippen LogP contribution in [0, 0.1) is 0 Å². The van der Waals surface area contributed by atoms with Gasteiger partial charge in [-0.05, 0) is 6.07 Å². The van der Waals surface area contributed by atoms with E-state index in [1.165, 1.54) is 6.07 Å². The summed E-state index contributed by atoms with van der Waals surface area (Å²) in [6.07, 6.45) is 1.80. The maximum absolute atomic E-state index is 5.74. The van der Waals surface area contributed by atoms with Crippen molar-refractivity contribution in [3.63, 3.8) is 0 Å². The van der Waals surface area contributed by atoms with E-state index in [1.807, 2.05) is 7.05 Å². The lowest BCUT2D eigenvalue weighted by Gasteiger charge is -1.96. The molecule has 6 heteroatoms. The van der Waals surface area contributed by atoms with Crippen LogP contribution in [0.15, 0.2) is 18.3 Å². The Morgan fingerprint density at radius 3 is 2.36 bits per heavy atom. The highest BCUT2D eigenvalue weighted by Crippen LogP contribution is 2.18. The van der Waals surface area contributed by atoms with E-state index in [0.717, 1.165) is 0 Å². The van der Waals surface area contributed by atoms with Crippen molar-refractivity contribution in [1.29, 1.82) is 0 Å². The standard InChI is InChI=1S/C8H6Cl2N4/c1-14-3-2-5(13-14)8-11-6(9)4-7(10)12-8/h2-4H,1H3. The van der Waals surface area contributed by atoms with Crippen LogP contribution in [0.5, 0.6) is 0 Å². The molecular weight excluding hydrogens is 223 g/mol. The van der Waals surface area contributed by atoms with Crippen molar-refractivity contribution in [3.05, 3.63) is 28.6 Å². The summed E-state index contributed by atoms with van der Waals surface area (Å²) in [5.74, 6) is 0.433. The van der Waals surface area contributed by atoms with Gasteiger partial charge in [0.25, 0.3) is 0 Å². The molecule has 4 nitrogen and oxygen atoms in total. The molecule has 2 aromatic rings. The van der Waals surface area contributed by atoms with Crippen LogP contribution < -0.4 is 0 Å². The van der Waals surface area contributed by atoms with Crippen molar-refractivity contribution >= 4 is 23.2 Å². The molecule has 0 atom stereocenters. The van der Waals surface area contributed by atoms with E-state index in [1.54, 1.807) is 16.9 Å². The summed E-state index contributed by atoms with van der Waals surface area (Å²) in [6, 6.07) is 3.28. The summed E-state index contributed by atoms with van der Waals surface area (Å²) in [5.41, 5.74) is 0.650. The molecule has 0 aromatic carbocycles. The molecule has 0 amide bonds. The zero-order valence-electron chi connectivity index (χ0n) is 7.28. The Balaban J connectivity index is 2.51. The number of aryl methyl sites for hydroxylation is 1. The second kappa shape index (κ2) is 3.55. The van der Waals surface area contributed by atoms with Gasteiger partial charge in [0.1, 0.15) is 16.0 Å². The minimum Gasteiger partial charge on any atom is -0.275 e. The topological polar surface area (TPSA) is 43.6 Å². The summed E-state index contributed by atoms with van der Waals surface area (Å²) >= 11 is 11.5. The van der Waals surface area contributed by atoms with E-state index >= 15 is 0 Å². The minimum absolute atomic E-state index is 0.311. The van der Waals surface area contributed by atoms with Gasteiger partial charge in [-0.15, -0.1) is 0 Å². The number of nitrogens with zero attached hydrogens (tertiary/aromatic N) is 4. The number of aromatic nitrogens is 4. The lowest BCUT2D eigenvalue weighted by atomic mass is 10.4. The summed E-state index contributed by atoms with van der Waals surface area (Å²) in [5, 5.41) is 4.76. The summed E-state index contributed by atoms with van der Waals surface area (Å²) < 4.78 is 1.66. The van der Waals surface area contributed by atoms with Gasteiger partial charge < -0.3 is 0 Å². The smallest absolute Gasteiger partial charge is 0.182 e. The molecule has 0 fully saturated rings. The van der Waals surface area contributed by atoms with Gasteiger partial charge in [0.05, 0.1) is 0 Å². The molecule has 0 bridgehead atoms. The van der Waals surface area contributed by atoms with Gasteiger partial charge >= 0.3 is 0 Å². The predicted octanol–water partition coefficient (Wildman–Crippen LogP) is 2.18. The van der Waals surface area contributed by atoms with Crippen LogP contribution in [0.1, 0.15) is 0 Å². The van der Waals surface area contributed by atoms with Crippen LogP contribution in [0.2, 0.25) is 10.3 Å². The van der Waals surface area contributed by atoms with Crippen molar-refractivity contribution in [2.45, 2.75) is 0 Å². The Labute approximate surface area is 90.5 Å². The Kier molecular flexibility index (Phi) is 2.39. The molecule has 0 saturated carbocycles. The van der Waals surface area contributed by atoms with Gasteiger partial charge in [0.15, 0.2) is 5.82 Å². The van der Waals surface area contributed by atoms with Crippen LogP contribution >= 0.6 is 23.2 Å². The van der Waals surface area contributed by atoms with Crippen molar-refractivity contribution in [3.8, 4) is 11.5 Å². The van der Waals surface area contributed by atoms with Crippen LogP contribution in [-0.2, 0) is 7.05 Å². The Morgan fingerprint density at radius 1 is 1.21 bits per heavy atom. The van der Waals surface area contributed by atoms with Gasteiger partial charge in [-0.2, -0.15) is 5.10 Å². The fourth-order valence-corrected chi connectivity index (χ4v) is 1.46. The third-order valence-corrected chi connectivity index (χ3v) is 1.99. The molecule has 0 radical (unpaired) electrons. The third kappa shape index (κ3) is 1.86. The van der Waals surface area contributed by atoms with Crippen LogP contribution in [-0.4, -0.2) is 19.7 Å². The maximum Gasteiger partial charge on any atom is 0.182 e. The quantitative estimate of drug-likeness (QED) is 0.704. The highest BCUT2D eigenvalue weighted by molar-refractivity contribution is 6.33. The lowest BCUT2D eigenvalue weighted by molar-refractivity contribution is 0.768. The number of halogens is 2. The van der Waals surface area contributed by atoms with Gasteiger partial charge in [-0.1, -0.05) is 23.2 Å². The molecule has 0 unspecified atom stereocenters. The van der Waals surface area contributed by atoms with E-state index in [9.17, 15) is 0 Å². The fraction of sp³-hybridized carbons (Fsp3) is 0.125. The van der Waals surface area contributed by atoms with Crippen molar-refractivity contribution < 1.29 is 0 Å². The zero-order chi connectivity index (χ0) is 10.1. The van der Waals surface area contributed by atoms with Crippen LogP contribution in [0.4, 0.5) is 0 Å². The first-order chi connectivity index (χ1) is 6.65. The molecule has 72 valence electrons. The average Bonchev–Trinajstić information content (AvgIpc) is 2.50. The molecule has 0 aliphatic rings. The van der Waals surface area contributed by atoms with Gasteiger partial charge in [0.2, 0.25) is 0 Å². The maximum atomic E-state index is 5.74. The first-order valence-corrected chi connectivity index (χ1v) is 4.61. The molecular formula is C8H6Cl2N4. The molecule has 14 heavy (non-hydrogen) atoms. The number of hydrogen-bond donors (Lipinski definition) is 0. The second-order valence-electron chi connectivity index (χ2n) is 2.71.